The average Bonchev–Trinajstić information content (AvgIpc) is 2.82. The number of hydrogen-bond acceptors (Lipinski definition) is 5. The number of rotatable bonds is 8. The molecule has 2 aromatic rings. The number of allylic oxidation sites excluding steroid dienone is 2. The second-order valence-corrected chi connectivity index (χ2v) is 10.6. The maximum absolute atomic E-state index is 14.2. The fraction of sp³-hybridized carbons (Fsp3) is 0.423. The SMILES string of the molecule is CCOP(=O)(OCC)[C@H]1C(=O)N(Cc2ccccc2)C2=CCCC[C@@H]2[C@@H]1c1ccccc1O. The molecule has 6 nitrogen and oxygen atoms in total. The van der Waals surface area contributed by atoms with Crippen LogP contribution in [0.1, 0.15) is 50.2 Å². The van der Waals surface area contributed by atoms with Gasteiger partial charge in [-0.1, -0.05) is 54.6 Å². The Kier molecular flexibility index (Phi) is 7.38. The highest BCUT2D eigenvalue weighted by Gasteiger charge is 2.56. The van der Waals surface area contributed by atoms with E-state index in [9.17, 15) is 14.5 Å². The van der Waals surface area contributed by atoms with Crippen LogP contribution in [0.4, 0.5) is 0 Å². The van der Waals surface area contributed by atoms with Crippen LogP contribution in [0.5, 0.6) is 5.75 Å². The van der Waals surface area contributed by atoms with Gasteiger partial charge in [0.2, 0.25) is 5.91 Å². The minimum absolute atomic E-state index is 0.0762. The van der Waals surface area contributed by atoms with E-state index in [1.165, 1.54) is 0 Å². The second-order valence-electron chi connectivity index (χ2n) is 8.48. The van der Waals surface area contributed by atoms with E-state index in [0.717, 1.165) is 30.5 Å². The van der Waals surface area contributed by atoms with Gasteiger partial charge < -0.3 is 19.1 Å². The number of fused-ring (bicyclic) bond motifs is 1. The number of carbonyl (C=O) groups excluding carboxylic acids is 1. The Balaban J connectivity index is 1.87. The summed E-state index contributed by atoms with van der Waals surface area (Å²) >= 11 is 0. The Morgan fingerprint density at radius 2 is 1.70 bits per heavy atom. The van der Waals surface area contributed by atoms with Gasteiger partial charge in [0.15, 0.2) is 0 Å². The quantitative estimate of drug-likeness (QED) is 0.492. The predicted octanol–water partition coefficient (Wildman–Crippen LogP) is 5.84. The number of carbonyl (C=O) groups is 1. The fourth-order valence-electron chi connectivity index (χ4n) is 5.20. The van der Waals surface area contributed by atoms with Crippen molar-refractivity contribution in [3.63, 3.8) is 0 Å². The molecule has 0 saturated carbocycles. The largest absolute Gasteiger partial charge is 0.508 e. The van der Waals surface area contributed by atoms with Crippen LogP contribution in [0.25, 0.3) is 0 Å². The summed E-state index contributed by atoms with van der Waals surface area (Å²) in [5, 5.41) is 10.8. The van der Waals surface area contributed by atoms with Gasteiger partial charge in [0.25, 0.3) is 0 Å². The normalized spacial score (nSPS) is 23.2. The van der Waals surface area contributed by atoms with Gasteiger partial charge in [-0.3, -0.25) is 9.36 Å². The molecule has 1 N–H and O–H groups in total. The van der Waals surface area contributed by atoms with E-state index >= 15 is 0 Å². The van der Waals surface area contributed by atoms with Gasteiger partial charge in [-0.15, -0.1) is 0 Å². The van der Waals surface area contributed by atoms with E-state index in [1.807, 2.05) is 42.5 Å². The van der Waals surface area contributed by atoms with Gasteiger partial charge in [0, 0.05) is 17.5 Å². The van der Waals surface area contributed by atoms with Crippen LogP contribution in [0, 0.1) is 5.92 Å². The third-order valence-electron chi connectivity index (χ3n) is 6.50. The molecule has 1 amide bonds. The Bertz CT molecular complexity index is 1040. The lowest BCUT2D eigenvalue weighted by atomic mass is 9.72. The zero-order chi connectivity index (χ0) is 23.4. The van der Waals surface area contributed by atoms with Crippen LogP contribution >= 0.6 is 7.60 Å². The van der Waals surface area contributed by atoms with E-state index < -0.39 is 19.2 Å². The number of para-hydroxylation sites is 1. The molecule has 7 heteroatoms. The lowest BCUT2D eigenvalue weighted by Crippen LogP contribution is -2.51. The lowest BCUT2D eigenvalue weighted by Gasteiger charge is -2.48. The summed E-state index contributed by atoms with van der Waals surface area (Å²) in [6, 6.07) is 16.8. The van der Waals surface area contributed by atoms with Crippen LogP contribution < -0.4 is 0 Å². The molecule has 1 fully saturated rings. The van der Waals surface area contributed by atoms with Crippen molar-refractivity contribution in [1.82, 2.24) is 4.90 Å². The van der Waals surface area contributed by atoms with Gasteiger partial charge >= 0.3 is 7.60 Å². The zero-order valence-electron chi connectivity index (χ0n) is 19.2. The minimum Gasteiger partial charge on any atom is -0.508 e. The first-order valence-corrected chi connectivity index (χ1v) is 13.3. The highest BCUT2D eigenvalue weighted by atomic mass is 31.2. The van der Waals surface area contributed by atoms with Crippen molar-refractivity contribution in [2.75, 3.05) is 13.2 Å². The third-order valence-corrected chi connectivity index (χ3v) is 8.95. The monoisotopic (exact) mass is 469 g/mol. The summed E-state index contributed by atoms with van der Waals surface area (Å²) in [5.74, 6) is -0.753. The number of amides is 1. The maximum Gasteiger partial charge on any atom is 0.343 e. The summed E-state index contributed by atoms with van der Waals surface area (Å²) in [6.07, 6.45) is 4.81. The number of hydrogen-bond donors (Lipinski definition) is 1. The molecule has 2 aromatic carbocycles. The second kappa shape index (κ2) is 10.3. The molecule has 0 radical (unpaired) electrons. The third kappa shape index (κ3) is 4.65. The topological polar surface area (TPSA) is 76.1 Å². The van der Waals surface area contributed by atoms with Crippen molar-refractivity contribution in [2.45, 2.75) is 51.2 Å². The fourth-order valence-corrected chi connectivity index (χ4v) is 7.49. The van der Waals surface area contributed by atoms with Crippen LogP contribution in [0.2, 0.25) is 0 Å². The van der Waals surface area contributed by atoms with Crippen molar-refractivity contribution < 1.29 is 23.5 Å². The van der Waals surface area contributed by atoms with Crippen molar-refractivity contribution in [1.29, 1.82) is 0 Å². The van der Waals surface area contributed by atoms with E-state index in [2.05, 4.69) is 6.08 Å². The van der Waals surface area contributed by atoms with Gasteiger partial charge in [-0.25, -0.2) is 0 Å². The number of phenols is 1. The number of benzene rings is 2. The molecular weight excluding hydrogens is 437 g/mol. The molecule has 0 aromatic heterocycles. The predicted molar refractivity (Wildman–Crippen MR) is 128 cm³/mol. The highest BCUT2D eigenvalue weighted by molar-refractivity contribution is 7.55. The molecule has 1 aliphatic heterocycles. The van der Waals surface area contributed by atoms with Gasteiger partial charge in [0.05, 0.1) is 19.8 Å². The number of nitrogens with zero attached hydrogens (tertiary/aromatic N) is 1. The van der Waals surface area contributed by atoms with Crippen LogP contribution in [0.3, 0.4) is 0 Å². The molecular formula is C26H32NO5P. The molecule has 33 heavy (non-hydrogen) atoms. The Labute approximate surface area is 195 Å². The molecule has 1 saturated heterocycles. The van der Waals surface area contributed by atoms with Crippen molar-refractivity contribution in [2.24, 2.45) is 5.92 Å². The molecule has 0 bridgehead atoms. The lowest BCUT2D eigenvalue weighted by molar-refractivity contribution is -0.133. The summed E-state index contributed by atoms with van der Waals surface area (Å²) < 4.78 is 25.6. The molecule has 176 valence electrons. The molecule has 3 atom stereocenters. The smallest absolute Gasteiger partial charge is 0.343 e. The molecule has 4 rings (SSSR count). The summed E-state index contributed by atoms with van der Waals surface area (Å²) in [6.45, 7) is 4.23. The van der Waals surface area contributed by atoms with E-state index in [-0.39, 0.29) is 30.8 Å². The number of phenolic OH excluding ortho intramolecular Hbond substituents is 1. The first-order chi connectivity index (χ1) is 16.0. The molecule has 0 unspecified atom stereocenters. The van der Waals surface area contributed by atoms with Crippen LogP contribution in [0.15, 0.2) is 66.4 Å². The van der Waals surface area contributed by atoms with Crippen molar-refractivity contribution in [3.8, 4) is 5.75 Å². The molecule has 2 aliphatic rings. The Morgan fingerprint density at radius 1 is 1.03 bits per heavy atom. The number of piperidine rings is 1. The van der Waals surface area contributed by atoms with Gasteiger partial charge in [0.1, 0.15) is 11.4 Å². The van der Waals surface area contributed by atoms with Crippen molar-refractivity contribution in [3.05, 3.63) is 77.5 Å². The average molecular weight is 470 g/mol. The van der Waals surface area contributed by atoms with E-state index in [1.54, 1.807) is 30.9 Å². The zero-order valence-corrected chi connectivity index (χ0v) is 20.1. The van der Waals surface area contributed by atoms with Crippen LogP contribution in [-0.4, -0.2) is 34.8 Å². The Morgan fingerprint density at radius 3 is 2.36 bits per heavy atom. The highest BCUT2D eigenvalue weighted by Crippen LogP contribution is 2.63. The summed E-state index contributed by atoms with van der Waals surface area (Å²) in [4.78, 5) is 15.9. The number of likely N-dealkylation sites (tertiary alicyclic amines) is 1. The molecule has 0 spiro atoms. The van der Waals surface area contributed by atoms with E-state index in [0.29, 0.717) is 12.1 Å². The van der Waals surface area contributed by atoms with Crippen molar-refractivity contribution >= 4 is 13.5 Å². The molecule has 1 heterocycles. The first kappa shape index (κ1) is 23.7. The number of aromatic hydroxyl groups is 1. The van der Waals surface area contributed by atoms with Gasteiger partial charge in [-0.2, -0.15) is 0 Å². The standard InChI is InChI=1S/C26H32NO5P/c1-3-31-33(30,32-4-2)25-24(21-15-9-11-17-23(21)28)20-14-8-10-16-22(20)27(26(25)29)18-19-12-6-5-7-13-19/h5-7,9,11-13,15-17,20,24-25,28H,3-4,8,10,14,18H2,1-2H3/t20-,24+,25+/m0/s1. The summed E-state index contributed by atoms with van der Waals surface area (Å²) in [7, 11) is -3.83. The first-order valence-electron chi connectivity index (χ1n) is 11.7. The maximum atomic E-state index is 14.2. The Hall–Kier alpha value is -2.40. The van der Waals surface area contributed by atoms with E-state index in [4.69, 9.17) is 9.05 Å². The van der Waals surface area contributed by atoms with Crippen LogP contribution in [-0.2, 0) is 25.0 Å². The summed E-state index contributed by atoms with van der Waals surface area (Å²) in [5.41, 5.74) is 1.53. The molecule has 1 aliphatic carbocycles. The van der Waals surface area contributed by atoms with Gasteiger partial charge in [-0.05, 0) is 50.3 Å². The minimum atomic E-state index is -3.83.